The number of carbonyl (C=O) groups excluding carboxylic acids is 1. The van der Waals surface area contributed by atoms with Crippen molar-refractivity contribution in [2.45, 2.75) is 67.8 Å². The molecule has 2 rings (SSSR count). The van der Waals surface area contributed by atoms with Crippen molar-refractivity contribution in [2.24, 2.45) is 0 Å². The maximum Gasteiger partial charge on any atom is 0.534 e. The summed E-state index contributed by atoms with van der Waals surface area (Å²) >= 11 is 0. The maximum absolute atomic E-state index is 12.5. The second-order valence-electron chi connectivity index (χ2n) is 5.17. The number of alkyl halides is 3. The van der Waals surface area contributed by atoms with Crippen LogP contribution < -0.4 is 4.18 Å². The van der Waals surface area contributed by atoms with Crippen LogP contribution in [-0.4, -0.2) is 20.2 Å². The van der Waals surface area contributed by atoms with E-state index in [0.29, 0.717) is 10.8 Å². The minimum Gasteiger partial charge on any atom is -0.375 e. The summed E-state index contributed by atoms with van der Waals surface area (Å²) < 4.78 is 63.9. The maximum atomic E-state index is 12.5. The average Bonchev–Trinajstić information content (AvgIpc) is 2.69. The Morgan fingerprint density at radius 1 is 0.828 bits per heavy atom. The highest BCUT2D eigenvalue weighted by molar-refractivity contribution is 7.88. The van der Waals surface area contributed by atoms with Crippen LogP contribution in [0, 0.1) is 20.8 Å². The van der Waals surface area contributed by atoms with E-state index < -0.39 is 21.4 Å². The minimum atomic E-state index is -5.84. The number of hydrogen-bond donors (Lipinski definition) is 0. The molecule has 0 heterocycles. The summed E-state index contributed by atoms with van der Waals surface area (Å²) in [6.45, 7) is 17.4. The van der Waals surface area contributed by atoms with Crippen molar-refractivity contribution in [1.29, 1.82) is 0 Å². The quantitative estimate of drug-likeness (QED) is 0.299. The summed E-state index contributed by atoms with van der Waals surface area (Å²) in [4.78, 5) is 11.1. The number of aryl methyl sites for hydroxylation is 3. The van der Waals surface area contributed by atoms with E-state index in [9.17, 15) is 26.4 Å². The van der Waals surface area contributed by atoms with Crippen LogP contribution in [0.2, 0.25) is 0 Å². The van der Waals surface area contributed by atoms with Crippen LogP contribution in [0.5, 0.6) is 5.75 Å². The number of benzene rings is 2. The van der Waals surface area contributed by atoms with Gasteiger partial charge in [0, 0.05) is 0 Å². The van der Waals surface area contributed by atoms with Gasteiger partial charge in [0.2, 0.25) is 0 Å². The average molecular weight is 437 g/mol. The van der Waals surface area contributed by atoms with Crippen molar-refractivity contribution in [3.63, 3.8) is 0 Å². The molecule has 0 N–H and O–H groups in total. The molecule has 0 aromatic heterocycles. The molecule has 0 bridgehead atoms. The van der Waals surface area contributed by atoms with E-state index in [2.05, 4.69) is 4.18 Å². The van der Waals surface area contributed by atoms with E-state index in [1.54, 1.807) is 13.8 Å². The third-order valence-electron chi connectivity index (χ3n) is 3.61. The molecule has 29 heavy (non-hydrogen) atoms. The van der Waals surface area contributed by atoms with Crippen LogP contribution >= 0.6 is 0 Å². The van der Waals surface area contributed by atoms with E-state index in [-0.39, 0.29) is 11.8 Å². The summed E-state index contributed by atoms with van der Waals surface area (Å²) in [7, 11) is -5.84. The summed E-state index contributed by atoms with van der Waals surface area (Å²) in [5, 5.41) is 1.17. The molecule has 0 radical (unpaired) electrons. The van der Waals surface area contributed by atoms with Gasteiger partial charge in [-0.05, 0) is 60.4 Å². The lowest BCUT2D eigenvalue weighted by Gasteiger charge is -2.14. The molecule has 166 valence electrons. The van der Waals surface area contributed by atoms with Gasteiger partial charge in [0.1, 0.15) is 0 Å². The molecule has 0 unspecified atom stereocenters. The van der Waals surface area contributed by atoms with Gasteiger partial charge in [-0.1, -0.05) is 47.6 Å². The van der Waals surface area contributed by atoms with Crippen LogP contribution in [0.15, 0.2) is 18.2 Å². The number of hydrogen-bond acceptors (Lipinski definition) is 4. The molecular formula is C21H31F3O4S. The fourth-order valence-electron chi connectivity index (χ4n) is 2.29. The van der Waals surface area contributed by atoms with Crippen molar-refractivity contribution < 1.29 is 30.6 Å². The van der Waals surface area contributed by atoms with Crippen LogP contribution in [-0.2, 0) is 10.1 Å². The first-order chi connectivity index (χ1) is 13.5. The highest BCUT2D eigenvalue weighted by atomic mass is 32.2. The summed E-state index contributed by atoms with van der Waals surface area (Å²) in [6, 6.07) is 4.29. The largest absolute Gasteiger partial charge is 0.534 e. The summed E-state index contributed by atoms with van der Waals surface area (Å²) in [6.07, 6.45) is 0.262. The van der Waals surface area contributed by atoms with Crippen molar-refractivity contribution in [3.8, 4) is 5.75 Å². The van der Waals surface area contributed by atoms with Crippen LogP contribution in [0.25, 0.3) is 10.8 Å². The molecule has 0 atom stereocenters. The van der Waals surface area contributed by atoms with E-state index >= 15 is 0 Å². The Morgan fingerprint density at radius 2 is 1.31 bits per heavy atom. The first-order valence-electron chi connectivity index (χ1n) is 9.48. The Labute approximate surface area is 172 Å². The van der Waals surface area contributed by atoms with Gasteiger partial charge in [0.05, 0.1) is 5.56 Å². The molecular weight excluding hydrogens is 405 g/mol. The fourth-order valence-corrected chi connectivity index (χ4v) is 2.76. The summed E-state index contributed by atoms with van der Waals surface area (Å²) in [5.41, 5.74) is -3.31. The number of halogens is 3. The number of rotatable bonds is 3. The molecule has 2 aromatic rings. The smallest absolute Gasteiger partial charge is 0.375 e. The van der Waals surface area contributed by atoms with E-state index in [0.717, 1.165) is 22.8 Å². The third-order valence-corrected chi connectivity index (χ3v) is 4.58. The Bertz CT molecular complexity index is 903. The van der Waals surface area contributed by atoms with Crippen LogP contribution in [0.3, 0.4) is 0 Å². The predicted molar refractivity (Wildman–Crippen MR) is 113 cm³/mol. The Balaban J connectivity index is 0. The van der Waals surface area contributed by atoms with Gasteiger partial charge >= 0.3 is 15.6 Å². The lowest BCUT2D eigenvalue weighted by atomic mass is 9.95. The van der Waals surface area contributed by atoms with Crippen molar-refractivity contribution >= 4 is 27.2 Å². The molecule has 0 aliphatic heterocycles. The SMILES string of the molecule is CC.CC.CC.Cc1cc(C)c2cc(OS(=O)(=O)C(F)(F)F)c(C=O)cc2c1C. The Morgan fingerprint density at radius 3 is 1.72 bits per heavy atom. The second-order valence-corrected chi connectivity index (χ2v) is 6.71. The zero-order chi connectivity index (χ0) is 23.6. The molecule has 4 nitrogen and oxygen atoms in total. The molecule has 2 aromatic carbocycles. The van der Waals surface area contributed by atoms with Crippen molar-refractivity contribution in [1.82, 2.24) is 0 Å². The third kappa shape index (κ3) is 7.03. The normalized spacial score (nSPS) is 10.5. The second kappa shape index (κ2) is 12.5. The summed E-state index contributed by atoms with van der Waals surface area (Å²) in [5.74, 6) is -0.642. The molecule has 0 aliphatic carbocycles. The van der Waals surface area contributed by atoms with Gasteiger partial charge in [-0.3, -0.25) is 4.79 Å². The first-order valence-corrected chi connectivity index (χ1v) is 10.9. The monoisotopic (exact) mass is 436 g/mol. The van der Waals surface area contributed by atoms with Gasteiger partial charge in [-0.2, -0.15) is 21.6 Å². The number of carbonyl (C=O) groups is 1. The zero-order valence-electron chi connectivity index (χ0n) is 18.5. The highest BCUT2D eigenvalue weighted by Gasteiger charge is 2.48. The van der Waals surface area contributed by atoms with Crippen LogP contribution in [0.1, 0.15) is 68.6 Å². The molecule has 0 saturated heterocycles. The van der Waals surface area contributed by atoms with E-state index in [1.807, 2.05) is 54.5 Å². The van der Waals surface area contributed by atoms with Gasteiger partial charge in [-0.15, -0.1) is 0 Å². The molecule has 0 fully saturated rings. The molecule has 0 aliphatic rings. The Hall–Kier alpha value is -2.09. The zero-order valence-corrected chi connectivity index (χ0v) is 19.3. The number of aldehydes is 1. The molecule has 0 saturated carbocycles. The fraction of sp³-hybridized carbons (Fsp3) is 0.476. The molecule has 0 amide bonds. The lowest BCUT2D eigenvalue weighted by molar-refractivity contribution is -0.0500. The lowest BCUT2D eigenvalue weighted by Crippen LogP contribution is -2.28. The van der Waals surface area contributed by atoms with Crippen LogP contribution in [0.4, 0.5) is 13.2 Å². The van der Waals surface area contributed by atoms with Crippen molar-refractivity contribution in [2.75, 3.05) is 0 Å². The highest BCUT2D eigenvalue weighted by Crippen LogP contribution is 2.34. The molecule has 8 heteroatoms. The van der Waals surface area contributed by atoms with Gasteiger partial charge in [-0.25, -0.2) is 0 Å². The standard InChI is InChI=1S/C15H13F3O4S.3C2H6/c1-8-4-9(2)12-6-14(22-23(20,21)15(16,17)18)11(7-19)5-13(12)10(8)3;3*1-2/h4-7H,1-3H3;3*1-2H3. The Kier molecular flexibility index (Phi) is 12.5. The van der Waals surface area contributed by atoms with E-state index in [1.165, 1.54) is 6.07 Å². The number of fused-ring (bicyclic) bond motifs is 1. The topological polar surface area (TPSA) is 60.4 Å². The van der Waals surface area contributed by atoms with Crippen molar-refractivity contribution in [3.05, 3.63) is 40.5 Å². The van der Waals surface area contributed by atoms with E-state index in [4.69, 9.17) is 0 Å². The molecule has 0 spiro atoms. The minimum absolute atomic E-state index is 0.262. The predicted octanol–water partition coefficient (Wildman–Crippen LogP) is 6.88. The van der Waals surface area contributed by atoms with Gasteiger partial charge < -0.3 is 4.18 Å². The first kappa shape index (κ1) is 29.1. The van der Waals surface area contributed by atoms with Gasteiger partial charge in [0.15, 0.2) is 12.0 Å². The van der Waals surface area contributed by atoms with Gasteiger partial charge in [0.25, 0.3) is 0 Å².